The third kappa shape index (κ3) is 6.41. The van der Waals surface area contributed by atoms with E-state index < -0.39 is 10.1 Å². The second-order valence-electron chi connectivity index (χ2n) is 8.03. The number of azo groups is 2. The number of nitrogen functional groups attached to an aromatic ring is 1. The number of pyridine rings is 1. The van der Waals surface area contributed by atoms with Gasteiger partial charge in [-0.1, -0.05) is 30.3 Å². The van der Waals surface area contributed by atoms with Gasteiger partial charge in [-0.15, -0.1) is 5.11 Å². The Morgan fingerprint density at radius 2 is 1.42 bits per heavy atom. The number of anilines is 2. The summed E-state index contributed by atoms with van der Waals surface area (Å²) in [5, 5.41) is 29.4. The van der Waals surface area contributed by atoms with Gasteiger partial charge >= 0.3 is 0 Å². The van der Waals surface area contributed by atoms with E-state index in [0.29, 0.717) is 46.2 Å². The molecule has 0 atom stereocenters. The van der Waals surface area contributed by atoms with Crippen molar-refractivity contribution in [3.63, 3.8) is 0 Å². The lowest BCUT2D eigenvalue weighted by Gasteiger charge is -2.12. The third-order valence-electron chi connectivity index (χ3n) is 5.39. The zero-order chi connectivity index (χ0) is 27.1. The average Bonchev–Trinajstić information content (AvgIpc) is 2.91. The van der Waals surface area contributed by atoms with Gasteiger partial charge in [0.2, 0.25) is 0 Å². The van der Waals surface area contributed by atoms with Gasteiger partial charge in [-0.05, 0) is 61.0 Å². The Kier molecular flexibility index (Phi) is 7.81. The average molecular weight is 527 g/mol. The molecule has 0 fully saturated rings. The first-order valence-corrected chi connectivity index (χ1v) is 12.7. The van der Waals surface area contributed by atoms with Crippen molar-refractivity contribution in [1.29, 1.82) is 5.26 Å². The molecule has 0 aliphatic heterocycles. The van der Waals surface area contributed by atoms with E-state index in [1.165, 1.54) is 24.3 Å². The molecule has 0 spiro atoms. The molecule has 190 valence electrons. The first kappa shape index (κ1) is 26.1. The first-order valence-electron chi connectivity index (χ1n) is 11.2. The highest BCUT2D eigenvalue weighted by molar-refractivity contribution is 7.85. The van der Waals surface area contributed by atoms with Gasteiger partial charge in [0.15, 0.2) is 5.82 Å². The van der Waals surface area contributed by atoms with Crippen molar-refractivity contribution in [3.8, 4) is 6.07 Å². The molecule has 0 saturated heterocycles. The summed E-state index contributed by atoms with van der Waals surface area (Å²) in [6, 6.07) is 23.9. The van der Waals surface area contributed by atoms with Crippen molar-refractivity contribution in [3.05, 3.63) is 95.6 Å². The summed E-state index contributed by atoms with van der Waals surface area (Å²) in [5.74, 6) is 0.527. The molecule has 38 heavy (non-hydrogen) atoms. The zero-order valence-electron chi connectivity index (χ0n) is 20.1. The van der Waals surface area contributed by atoms with Crippen LogP contribution in [-0.2, 0) is 16.7 Å². The summed E-state index contributed by atoms with van der Waals surface area (Å²) in [7, 11) is -4.26. The van der Waals surface area contributed by atoms with Crippen LogP contribution in [0.1, 0.15) is 16.7 Å². The summed E-state index contributed by atoms with van der Waals surface area (Å²) < 4.78 is 31.3. The Balaban J connectivity index is 1.47. The molecular formula is C26H22N8O3S. The molecule has 1 aromatic heterocycles. The lowest BCUT2D eigenvalue weighted by molar-refractivity contribution is 0.483. The number of hydrogen-bond acceptors (Lipinski definition) is 10. The minimum absolute atomic E-state index is 0.145. The van der Waals surface area contributed by atoms with E-state index in [4.69, 9.17) is 10.3 Å². The van der Waals surface area contributed by atoms with E-state index in [9.17, 15) is 13.7 Å². The molecule has 0 amide bonds. The second kappa shape index (κ2) is 11.4. The molecule has 0 unspecified atom stereocenters. The number of nitrogens with zero attached hydrogens (tertiary/aromatic N) is 6. The number of nitriles is 1. The van der Waals surface area contributed by atoms with Gasteiger partial charge in [-0.2, -0.15) is 29.0 Å². The van der Waals surface area contributed by atoms with Crippen molar-refractivity contribution in [2.75, 3.05) is 11.1 Å². The molecule has 0 aliphatic carbocycles. The molecular weight excluding hydrogens is 504 g/mol. The first-order chi connectivity index (χ1) is 18.2. The van der Waals surface area contributed by atoms with Gasteiger partial charge in [0.05, 0.1) is 27.5 Å². The van der Waals surface area contributed by atoms with Crippen LogP contribution >= 0.6 is 0 Å². The molecule has 4 aromatic rings. The predicted octanol–water partition coefficient (Wildman–Crippen LogP) is 6.53. The van der Waals surface area contributed by atoms with Crippen LogP contribution in [0.4, 0.5) is 34.4 Å². The van der Waals surface area contributed by atoms with Crippen LogP contribution in [0.2, 0.25) is 0 Å². The van der Waals surface area contributed by atoms with E-state index >= 15 is 0 Å². The number of benzene rings is 3. The number of nitrogens with two attached hydrogens (primary N) is 1. The van der Waals surface area contributed by atoms with E-state index in [1.54, 1.807) is 31.2 Å². The zero-order valence-corrected chi connectivity index (χ0v) is 21.0. The summed E-state index contributed by atoms with van der Waals surface area (Å²) in [6.45, 7) is 2.23. The molecule has 4 rings (SSSR count). The van der Waals surface area contributed by atoms with Crippen LogP contribution in [0.5, 0.6) is 0 Å². The fourth-order valence-corrected chi connectivity index (χ4v) is 3.86. The van der Waals surface area contributed by atoms with Crippen LogP contribution in [-0.4, -0.2) is 18.0 Å². The molecule has 12 heteroatoms. The normalized spacial score (nSPS) is 11.6. The molecule has 1 heterocycles. The van der Waals surface area contributed by atoms with E-state index in [2.05, 4.69) is 36.8 Å². The van der Waals surface area contributed by atoms with Crippen LogP contribution in [0.15, 0.2) is 104 Å². The number of rotatable bonds is 8. The summed E-state index contributed by atoms with van der Waals surface area (Å²) in [6.07, 6.45) is 0. The lowest BCUT2D eigenvalue weighted by Crippen LogP contribution is -2.07. The van der Waals surface area contributed by atoms with Gasteiger partial charge in [0.25, 0.3) is 10.1 Å². The SMILES string of the molecule is Cc1c(C#N)c(NCc2ccccc2)nc(N)c1N=Nc1ccc(N=Nc2ccc(S(=O)(=O)O)cc2)cc1. The van der Waals surface area contributed by atoms with Crippen molar-refractivity contribution in [2.24, 2.45) is 20.5 Å². The highest BCUT2D eigenvalue weighted by Gasteiger charge is 2.15. The Bertz CT molecular complexity index is 1650. The minimum atomic E-state index is -4.26. The van der Waals surface area contributed by atoms with Crippen LogP contribution in [0.25, 0.3) is 0 Å². The maximum atomic E-state index is 11.1. The van der Waals surface area contributed by atoms with Crippen LogP contribution < -0.4 is 11.1 Å². The number of nitrogens with one attached hydrogen (secondary N) is 1. The van der Waals surface area contributed by atoms with Gasteiger partial charge < -0.3 is 11.1 Å². The predicted molar refractivity (Wildman–Crippen MR) is 143 cm³/mol. The standard InChI is InChI=1S/C26H22N8O3S/c1-17-23(15-27)26(29-16-18-5-3-2-4-6-18)30-25(28)24(17)34-33-20-9-7-19(8-10-20)31-32-21-11-13-22(14-12-21)38(35,36)37/h2-14H,16H2,1H3,(H3,28,29,30)(H,35,36,37). The quantitative estimate of drug-likeness (QED) is 0.172. The number of aromatic nitrogens is 1. The summed E-state index contributed by atoms with van der Waals surface area (Å²) >= 11 is 0. The maximum absolute atomic E-state index is 11.1. The molecule has 0 radical (unpaired) electrons. The monoisotopic (exact) mass is 526 g/mol. The number of hydrogen-bond donors (Lipinski definition) is 3. The molecule has 4 N–H and O–H groups in total. The maximum Gasteiger partial charge on any atom is 0.294 e. The van der Waals surface area contributed by atoms with Crippen molar-refractivity contribution >= 4 is 44.5 Å². The van der Waals surface area contributed by atoms with Crippen LogP contribution in [0, 0.1) is 18.3 Å². The molecule has 3 aromatic carbocycles. The van der Waals surface area contributed by atoms with Gasteiger partial charge in [-0.3, -0.25) is 4.55 Å². The van der Waals surface area contributed by atoms with E-state index in [1.807, 2.05) is 30.3 Å². The van der Waals surface area contributed by atoms with Gasteiger partial charge in [0, 0.05) is 12.1 Å². The van der Waals surface area contributed by atoms with Gasteiger partial charge in [-0.25, -0.2) is 4.98 Å². The Labute approximate surface area is 219 Å². The largest absolute Gasteiger partial charge is 0.382 e. The van der Waals surface area contributed by atoms with Crippen LogP contribution in [0.3, 0.4) is 0 Å². The summed E-state index contributed by atoms with van der Waals surface area (Å²) in [4.78, 5) is 4.11. The lowest BCUT2D eigenvalue weighted by atomic mass is 10.1. The molecule has 0 aliphatic rings. The van der Waals surface area contributed by atoms with Crippen molar-refractivity contribution in [2.45, 2.75) is 18.4 Å². The van der Waals surface area contributed by atoms with Crippen molar-refractivity contribution in [1.82, 2.24) is 4.98 Å². The Morgan fingerprint density at radius 1 is 0.895 bits per heavy atom. The smallest absolute Gasteiger partial charge is 0.294 e. The second-order valence-corrected chi connectivity index (χ2v) is 9.45. The minimum Gasteiger partial charge on any atom is -0.382 e. The highest BCUT2D eigenvalue weighted by atomic mass is 32.2. The fraction of sp³-hybridized carbons (Fsp3) is 0.0769. The van der Waals surface area contributed by atoms with E-state index in [0.717, 1.165) is 5.56 Å². The van der Waals surface area contributed by atoms with Gasteiger partial charge in [0.1, 0.15) is 17.6 Å². The molecule has 0 saturated carbocycles. The molecule has 11 nitrogen and oxygen atoms in total. The molecule has 0 bridgehead atoms. The fourth-order valence-electron chi connectivity index (χ4n) is 3.38. The highest BCUT2D eigenvalue weighted by Crippen LogP contribution is 2.33. The van der Waals surface area contributed by atoms with Crippen molar-refractivity contribution < 1.29 is 13.0 Å². The third-order valence-corrected chi connectivity index (χ3v) is 6.26. The topological polar surface area (TPSA) is 179 Å². The Hall–Kier alpha value is -4.99. The Morgan fingerprint density at radius 3 is 1.95 bits per heavy atom. The summed E-state index contributed by atoms with van der Waals surface area (Å²) in [5.41, 5.74) is 9.85. The van der Waals surface area contributed by atoms with E-state index in [-0.39, 0.29) is 10.7 Å².